The Morgan fingerprint density at radius 3 is 2.53 bits per heavy atom. The summed E-state index contributed by atoms with van der Waals surface area (Å²) < 4.78 is 12.7. The molecule has 6 nitrogen and oxygen atoms in total. The van der Waals surface area contributed by atoms with Crippen LogP contribution >= 0.6 is 0 Å². The fourth-order valence-electron chi connectivity index (χ4n) is 1.31. The molecule has 1 aliphatic heterocycles. The quantitative estimate of drug-likeness (QED) is 0.819. The number of aliphatic carboxylic acids is 1. The van der Waals surface area contributed by atoms with Crippen LogP contribution in [0.4, 0.5) is 4.39 Å². The largest absolute Gasteiger partial charge is 0.478 e. The standard InChI is InChI=1S/C10H8FN3O3/c11-7-3-1-6(2-4-7)8-5-14(17)9(10(15)16)13-12-8/h1-5,9,17H,(H,15,16). The highest BCUT2D eigenvalue weighted by Gasteiger charge is 2.25. The van der Waals surface area contributed by atoms with Gasteiger partial charge in [0.15, 0.2) is 0 Å². The fraction of sp³-hybridized carbons (Fsp3) is 0.100. The van der Waals surface area contributed by atoms with Gasteiger partial charge in [0.05, 0.1) is 6.20 Å². The van der Waals surface area contributed by atoms with Crippen LogP contribution in [0, 0.1) is 5.82 Å². The lowest BCUT2D eigenvalue weighted by atomic mass is 10.1. The molecule has 7 heteroatoms. The van der Waals surface area contributed by atoms with Crippen LogP contribution < -0.4 is 0 Å². The summed E-state index contributed by atoms with van der Waals surface area (Å²) in [5.41, 5.74) is 0.781. The number of nitrogens with zero attached hydrogens (tertiary/aromatic N) is 3. The number of azo groups is 1. The van der Waals surface area contributed by atoms with Gasteiger partial charge in [-0.05, 0) is 24.3 Å². The fourth-order valence-corrected chi connectivity index (χ4v) is 1.31. The molecule has 0 aromatic heterocycles. The second kappa shape index (κ2) is 4.30. The highest BCUT2D eigenvalue weighted by atomic mass is 19.1. The zero-order valence-corrected chi connectivity index (χ0v) is 8.49. The van der Waals surface area contributed by atoms with Crippen LogP contribution in [0.5, 0.6) is 0 Å². The van der Waals surface area contributed by atoms with Gasteiger partial charge in [-0.25, -0.2) is 14.2 Å². The zero-order chi connectivity index (χ0) is 12.4. The van der Waals surface area contributed by atoms with Crippen LogP contribution in [0.3, 0.4) is 0 Å². The van der Waals surface area contributed by atoms with Gasteiger partial charge in [0.2, 0.25) is 0 Å². The van der Waals surface area contributed by atoms with E-state index in [0.717, 1.165) is 6.20 Å². The molecular weight excluding hydrogens is 229 g/mol. The molecule has 1 aromatic carbocycles. The molecule has 0 amide bonds. The second-order valence-electron chi connectivity index (χ2n) is 3.33. The Bertz CT molecular complexity index is 498. The number of carboxylic acids is 1. The van der Waals surface area contributed by atoms with Gasteiger partial charge in [0.25, 0.3) is 6.17 Å². The molecule has 2 rings (SSSR count). The molecule has 1 unspecified atom stereocenters. The molecule has 88 valence electrons. The summed E-state index contributed by atoms with van der Waals surface area (Å²) in [5, 5.41) is 25.6. The van der Waals surface area contributed by atoms with Crippen LogP contribution in [0.2, 0.25) is 0 Å². The van der Waals surface area contributed by atoms with Gasteiger partial charge in [-0.1, -0.05) is 0 Å². The van der Waals surface area contributed by atoms with E-state index in [4.69, 9.17) is 5.11 Å². The summed E-state index contributed by atoms with van der Waals surface area (Å²) in [6.45, 7) is 0. The van der Waals surface area contributed by atoms with E-state index in [1.165, 1.54) is 24.3 Å². The Balaban J connectivity index is 2.26. The summed E-state index contributed by atoms with van der Waals surface area (Å²) in [6.07, 6.45) is -0.321. The molecule has 0 radical (unpaired) electrons. The highest BCUT2D eigenvalue weighted by molar-refractivity contribution is 5.74. The SMILES string of the molecule is O=C(O)C1N=NC(c2ccc(F)cc2)=CN1O. The van der Waals surface area contributed by atoms with Crippen molar-refractivity contribution in [3.05, 3.63) is 41.8 Å². The molecule has 0 spiro atoms. The molecule has 1 aliphatic rings. The zero-order valence-electron chi connectivity index (χ0n) is 8.49. The van der Waals surface area contributed by atoms with E-state index in [-0.39, 0.29) is 5.70 Å². The van der Waals surface area contributed by atoms with Crippen LogP contribution in [0.25, 0.3) is 5.70 Å². The van der Waals surface area contributed by atoms with Crippen molar-refractivity contribution in [2.45, 2.75) is 6.17 Å². The third kappa shape index (κ3) is 2.28. The molecule has 0 bridgehead atoms. The van der Waals surface area contributed by atoms with Crippen LogP contribution in [0.1, 0.15) is 5.56 Å². The van der Waals surface area contributed by atoms with Gasteiger partial charge in [0.1, 0.15) is 11.5 Å². The second-order valence-corrected chi connectivity index (χ2v) is 3.33. The lowest BCUT2D eigenvalue weighted by Crippen LogP contribution is -2.35. The summed E-state index contributed by atoms with van der Waals surface area (Å²) in [4.78, 5) is 10.6. The minimum Gasteiger partial charge on any atom is -0.478 e. The van der Waals surface area contributed by atoms with E-state index in [0.29, 0.717) is 10.6 Å². The number of rotatable bonds is 2. The maximum atomic E-state index is 12.7. The van der Waals surface area contributed by atoms with Gasteiger partial charge in [-0.3, -0.25) is 5.21 Å². The number of carboxylic acid groups (broad SMARTS) is 1. The molecular formula is C10H8FN3O3. The minimum absolute atomic E-state index is 0.255. The van der Waals surface area contributed by atoms with Crippen LogP contribution in [-0.2, 0) is 4.79 Å². The van der Waals surface area contributed by atoms with Crippen molar-refractivity contribution in [2.75, 3.05) is 0 Å². The predicted octanol–water partition coefficient (Wildman–Crippen LogP) is 1.69. The van der Waals surface area contributed by atoms with Crippen molar-refractivity contribution in [3.63, 3.8) is 0 Å². The number of hydroxylamine groups is 2. The molecule has 1 aromatic rings. The average molecular weight is 237 g/mol. The first-order valence-corrected chi connectivity index (χ1v) is 4.66. The summed E-state index contributed by atoms with van der Waals surface area (Å²) in [6, 6.07) is 5.37. The molecule has 1 heterocycles. The Kier molecular flexibility index (Phi) is 2.84. The molecule has 0 fully saturated rings. The van der Waals surface area contributed by atoms with E-state index in [9.17, 15) is 14.4 Å². The topological polar surface area (TPSA) is 85.5 Å². The first-order valence-electron chi connectivity index (χ1n) is 4.66. The van der Waals surface area contributed by atoms with Crippen molar-refractivity contribution in [2.24, 2.45) is 10.2 Å². The van der Waals surface area contributed by atoms with Crippen LogP contribution in [-0.4, -0.2) is 27.5 Å². The first kappa shape index (κ1) is 11.2. The van der Waals surface area contributed by atoms with E-state index in [2.05, 4.69) is 10.2 Å². The number of hydrogen-bond donors (Lipinski definition) is 2. The Morgan fingerprint density at radius 2 is 2.00 bits per heavy atom. The normalized spacial score (nSPS) is 19.1. The molecule has 0 aliphatic carbocycles. The molecule has 0 saturated heterocycles. The lowest BCUT2D eigenvalue weighted by Gasteiger charge is -2.20. The highest BCUT2D eigenvalue weighted by Crippen LogP contribution is 2.22. The number of benzene rings is 1. The van der Waals surface area contributed by atoms with Gasteiger partial charge >= 0.3 is 5.97 Å². The average Bonchev–Trinajstić information content (AvgIpc) is 2.29. The maximum absolute atomic E-state index is 12.7. The Morgan fingerprint density at radius 1 is 1.35 bits per heavy atom. The molecule has 17 heavy (non-hydrogen) atoms. The predicted molar refractivity (Wildman–Crippen MR) is 54.3 cm³/mol. The third-order valence-corrected chi connectivity index (χ3v) is 2.14. The van der Waals surface area contributed by atoms with E-state index in [1.807, 2.05) is 0 Å². The minimum atomic E-state index is -1.45. The summed E-state index contributed by atoms with van der Waals surface area (Å²) in [7, 11) is 0. The van der Waals surface area contributed by atoms with Gasteiger partial charge in [-0.2, -0.15) is 5.11 Å². The maximum Gasteiger partial charge on any atom is 0.353 e. The van der Waals surface area contributed by atoms with Gasteiger partial charge in [-0.15, -0.1) is 5.11 Å². The van der Waals surface area contributed by atoms with Crippen molar-refractivity contribution in [1.29, 1.82) is 0 Å². The molecule has 1 atom stereocenters. The smallest absolute Gasteiger partial charge is 0.353 e. The number of hydrogen-bond acceptors (Lipinski definition) is 5. The van der Waals surface area contributed by atoms with Crippen molar-refractivity contribution < 1.29 is 19.5 Å². The summed E-state index contributed by atoms with van der Waals surface area (Å²) in [5.74, 6) is -1.71. The van der Waals surface area contributed by atoms with E-state index in [1.54, 1.807) is 0 Å². The monoisotopic (exact) mass is 237 g/mol. The van der Waals surface area contributed by atoms with Crippen LogP contribution in [0.15, 0.2) is 40.7 Å². The Hall–Kier alpha value is -2.28. The number of carbonyl (C=O) groups is 1. The van der Waals surface area contributed by atoms with Crippen molar-refractivity contribution in [1.82, 2.24) is 5.06 Å². The summed E-state index contributed by atoms with van der Waals surface area (Å²) >= 11 is 0. The van der Waals surface area contributed by atoms with Crippen molar-refractivity contribution in [3.8, 4) is 0 Å². The van der Waals surface area contributed by atoms with Crippen molar-refractivity contribution >= 4 is 11.7 Å². The third-order valence-electron chi connectivity index (χ3n) is 2.14. The molecule has 2 N–H and O–H groups in total. The molecule has 0 saturated carbocycles. The number of halogens is 1. The van der Waals surface area contributed by atoms with E-state index >= 15 is 0 Å². The van der Waals surface area contributed by atoms with Gasteiger partial charge in [0, 0.05) is 5.56 Å². The van der Waals surface area contributed by atoms with E-state index < -0.39 is 18.0 Å². The van der Waals surface area contributed by atoms with Gasteiger partial charge < -0.3 is 5.11 Å². The Labute approximate surface area is 95.3 Å². The first-order chi connectivity index (χ1) is 8.08. The lowest BCUT2D eigenvalue weighted by molar-refractivity contribution is -0.157.